The van der Waals surface area contributed by atoms with Gasteiger partial charge in [-0.3, -0.25) is 0 Å². The van der Waals surface area contributed by atoms with Crippen LogP contribution in [0.1, 0.15) is 98.7 Å². The first-order chi connectivity index (χ1) is 35.0. The van der Waals surface area contributed by atoms with Crippen molar-refractivity contribution in [1.82, 2.24) is 9.13 Å². The van der Waals surface area contributed by atoms with E-state index in [1.165, 1.54) is 111 Å². The van der Waals surface area contributed by atoms with Crippen molar-refractivity contribution in [2.75, 3.05) is 4.90 Å². The number of aryl methyl sites for hydroxylation is 4. The van der Waals surface area contributed by atoms with Crippen LogP contribution in [0, 0.1) is 27.7 Å². The van der Waals surface area contributed by atoms with Crippen molar-refractivity contribution in [2.45, 2.75) is 93.4 Å². The van der Waals surface area contributed by atoms with Crippen molar-refractivity contribution in [3.05, 3.63) is 202 Å². The maximum absolute atomic E-state index is 6.73. The van der Waals surface area contributed by atoms with Crippen molar-refractivity contribution in [2.24, 2.45) is 0 Å². The molecule has 13 rings (SSSR count). The molecule has 0 atom stereocenters. The van der Waals surface area contributed by atoms with Crippen LogP contribution in [0.25, 0.3) is 89.3 Å². The summed E-state index contributed by atoms with van der Waals surface area (Å²) >= 11 is 0. The molecule has 10 aromatic rings. The summed E-state index contributed by atoms with van der Waals surface area (Å²) in [6.07, 6.45) is 12.1. The van der Waals surface area contributed by atoms with Crippen molar-refractivity contribution >= 4 is 102 Å². The van der Waals surface area contributed by atoms with Crippen LogP contribution < -0.4 is 15.8 Å². The van der Waals surface area contributed by atoms with E-state index in [0.29, 0.717) is 0 Å². The lowest BCUT2D eigenvalue weighted by Gasteiger charge is -2.42. The fourth-order valence-electron chi connectivity index (χ4n) is 13.1. The summed E-state index contributed by atoms with van der Waals surface area (Å²) in [6.45, 7) is 34.9. The Morgan fingerprint density at radius 1 is 0.644 bits per heavy atom. The van der Waals surface area contributed by atoms with Gasteiger partial charge in [-0.25, -0.2) is 0 Å². The van der Waals surface area contributed by atoms with E-state index in [1.54, 1.807) is 0 Å². The molecule has 0 amide bonds. The average Bonchev–Trinajstić information content (AvgIpc) is 4.00. The smallest absolute Gasteiger partial charge is 0.252 e. The Kier molecular flexibility index (Phi) is 9.66. The largest absolute Gasteiger partial charge is 0.455 e. The predicted molar refractivity (Wildman–Crippen MR) is 315 cm³/mol. The molecule has 0 aliphatic carbocycles. The lowest BCUT2D eigenvalue weighted by Crippen LogP contribution is -2.54. The van der Waals surface area contributed by atoms with Crippen molar-refractivity contribution in [3.63, 3.8) is 0 Å². The summed E-state index contributed by atoms with van der Waals surface area (Å²) in [5.41, 5.74) is 28.4. The summed E-state index contributed by atoms with van der Waals surface area (Å²) < 4.78 is 11.8. The number of anilines is 2. The van der Waals surface area contributed by atoms with Gasteiger partial charge in [0.15, 0.2) is 0 Å². The molecule has 3 aliphatic heterocycles. The molecule has 7 aromatic carbocycles. The first-order valence-electron chi connectivity index (χ1n) is 26.1. The zero-order chi connectivity index (χ0) is 50.7. The number of allylic oxidation sites excluding steroid dienone is 5. The van der Waals surface area contributed by atoms with Crippen LogP contribution in [0.15, 0.2) is 156 Å². The maximum Gasteiger partial charge on any atom is 0.252 e. The fraction of sp³-hybridized carbons (Fsp3) is 0.206. The van der Waals surface area contributed by atoms with Crippen molar-refractivity contribution in [1.29, 1.82) is 0 Å². The number of aromatic nitrogens is 2. The molecular formula is C68H62BN3O. The average molecular weight is 948 g/mol. The van der Waals surface area contributed by atoms with Gasteiger partial charge in [0.05, 0.1) is 28.1 Å². The van der Waals surface area contributed by atoms with E-state index < -0.39 is 0 Å². The standard InChI is InChI=1S/C68H62BN3O/c1-14-21-48-51-36-54-59(37-58(51)71(56(48)15-2)62-38(3)22-18-23-39(62)4)72(63-40(5)30-45(31-41(63)6)67(8,9)10)57-28-19-24-43-32-44(47-26-20-27-50-49-25-16-17-29-60(49)73-66(47)50)33-52-53-34-46(68(11,12)13)35-55-65(53)70(64(43)52)42(7)61(57)69(54)55/h14-23,25-37H,2,7,24H2,1,3-6,8-13H3/b21-14-,28-19-. The minimum absolute atomic E-state index is 0.0144. The number of furan rings is 1. The summed E-state index contributed by atoms with van der Waals surface area (Å²) in [7, 11) is 0. The monoisotopic (exact) mass is 947 g/mol. The van der Waals surface area contributed by atoms with Gasteiger partial charge in [-0.2, -0.15) is 0 Å². The third-order valence-electron chi connectivity index (χ3n) is 16.5. The van der Waals surface area contributed by atoms with Gasteiger partial charge < -0.3 is 18.5 Å². The Hall–Kier alpha value is -7.76. The van der Waals surface area contributed by atoms with Gasteiger partial charge in [-0.05, 0) is 155 Å². The molecule has 73 heavy (non-hydrogen) atoms. The van der Waals surface area contributed by atoms with E-state index in [4.69, 9.17) is 11.0 Å². The Morgan fingerprint density at radius 3 is 2.04 bits per heavy atom. The quantitative estimate of drug-likeness (QED) is 0.161. The molecule has 0 saturated heterocycles. The number of hydrogen-bond acceptors (Lipinski definition) is 2. The molecule has 2 bridgehead atoms. The highest BCUT2D eigenvalue weighted by Crippen LogP contribution is 2.50. The molecule has 0 spiro atoms. The molecule has 0 fully saturated rings. The Labute approximate surface area is 430 Å². The predicted octanol–water partition coefficient (Wildman–Crippen LogP) is 17.0. The van der Waals surface area contributed by atoms with E-state index >= 15 is 0 Å². The van der Waals surface area contributed by atoms with Crippen LogP contribution >= 0.6 is 0 Å². The summed E-state index contributed by atoms with van der Waals surface area (Å²) in [4.78, 5) is 2.62. The van der Waals surface area contributed by atoms with Crippen LogP contribution in [0.4, 0.5) is 11.4 Å². The van der Waals surface area contributed by atoms with Crippen LogP contribution in [0.3, 0.4) is 0 Å². The molecule has 0 saturated carbocycles. The molecule has 6 heterocycles. The third kappa shape index (κ3) is 6.33. The highest BCUT2D eigenvalue weighted by molar-refractivity contribution is 6.96. The molecule has 0 radical (unpaired) electrons. The first kappa shape index (κ1) is 45.1. The molecule has 0 unspecified atom stereocenters. The molecule has 4 nitrogen and oxygen atoms in total. The summed E-state index contributed by atoms with van der Waals surface area (Å²) in [5.74, 6) is 0. The maximum atomic E-state index is 6.73. The minimum Gasteiger partial charge on any atom is -0.455 e. The first-order valence-corrected chi connectivity index (χ1v) is 26.1. The van der Waals surface area contributed by atoms with E-state index in [1.807, 2.05) is 0 Å². The molecular weight excluding hydrogens is 886 g/mol. The molecule has 358 valence electrons. The highest BCUT2D eigenvalue weighted by atomic mass is 16.3. The zero-order valence-electron chi connectivity index (χ0n) is 44.2. The van der Waals surface area contributed by atoms with E-state index in [-0.39, 0.29) is 17.5 Å². The van der Waals surface area contributed by atoms with Gasteiger partial charge in [0.25, 0.3) is 6.71 Å². The van der Waals surface area contributed by atoms with Crippen LogP contribution in [0.5, 0.6) is 0 Å². The second-order valence-electron chi connectivity index (χ2n) is 23.2. The van der Waals surface area contributed by atoms with Gasteiger partial charge in [0.1, 0.15) is 11.2 Å². The number of nitrogens with zero attached hydrogens (tertiary/aromatic N) is 3. The van der Waals surface area contributed by atoms with Crippen LogP contribution in [-0.4, -0.2) is 15.8 Å². The molecule has 3 aromatic heterocycles. The Morgan fingerprint density at radius 2 is 1.33 bits per heavy atom. The minimum atomic E-state index is -0.130. The Bertz CT molecular complexity index is 4190. The van der Waals surface area contributed by atoms with Gasteiger partial charge >= 0.3 is 0 Å². The molecule has 0 N–H and O–H groups in total. The van der Waals surface area contributed by atoms with Crippen molar-refractivity contribution < 1.29 is 4.42 Å². The Balaban J connectivity index is 1.19. The fourth-order valence-corrected chi connectivity index (χ4v) is 13.1. The number of rotatable bonds is 5. The zero-order valence-corrected chi connectivity index (χ0v) is 44.2. The van der Waals surface area contributed by atoms with Gasteiger partial charge in [-0.15, -0.1) is 0 Å². The number of benzene rings is 7. The lowest BCUT2D eigenvalue weighted by atomic mass is 9.32. The topological polar surface area (TPSA) is 26.2 Å². The number of hydrogen-bond donors (Lipinski definition) is 0. The van der Waals surface area contributed by atoms with E-state index in [2.05, 4.69) is 236 Å². The van der Waals surface area contributed by atoms with Crippen molar-refractivity contribution in [3.8, 4) is 16.8 Å². The molecule has 5 heteroatoms. The summed E-state index contributed by atoms with van der Waals surface area (Å²) in [6, 6.07) is 41.5. The van der Waals surface area contributed by atoms with Crippen LogP contribution in [-0.2, 0) is 17.3 Å². The van der Waals surface area contributed by atoms with Gasteiger partial charge in [0.2, 0.25) is 0 Å². The highest BCUT2D eigenvalue weighted by Gasteiger charge is 2.45. The normalized spacial score (nSPS) is 15.0. The third-order valence-corrected chi connectivity index (χ3v) is 16.5. The van der Waals surface area contributed by atoms with Crippen LogP contribution in [0.2, 0.25) is 0 Å². The van der Waals surface area contributed by atoms with Gasteiger partial charge in [-0.1, -0.05) is 152 Å². The second kappa shape index (κ2) is 15.6. The number of para-hydroxylation sites is 3. The second-order valence-corrected chi connectivity index (χ2v) is 23.2. The lowest BCUT2D eigenvalue weighted by molar-refractivity contribution is 0.589. The van der Waals surface area contributed by atoms with Gasteiger partial charge in [0, 0.05) is 60.7 Å². The van der Waals surface area contributed by atoms with E-state index in [0.717, 1.165) is 56.4 Å². The van der Waals surface area contributed by atoms with E-state index in [9.17, 15) is 0 Å². The number of fused-ring (bicyclic) bond motifs is 8. The molecule has 3 aliphatic rings. The SMILES string of the molecule is C=Cc1c(/C=C\C)c2cc3c(cc2n1-c1c(C)cccc1C)N(c1c(C)cc(C(C)(C)C)cc1C)C1=C2B3c3cc(C(C)(C)C)cc4c5cc(-c6cccc7c6oc6ccccc67)cc(c5n(c34)C2=C)C/C=C\1. The summed E-state index contributed by atoms with van der Waals surface area (Å²) in [5, 5.41) is 6.00.